The first-order chi connectivity index (χ1) is 9.26. The van der Waals surface area contributed by atoms with E-state index in [-0.39, 0.29) is 11.7 Å². The topological polar surface area (TPSA) is 55.3 Å². The van der Waals surface area contributed by atoms with Crippen LogP contribution in [0.25, 0.3) is 0 Å². The van der Waals surface area contributed by atoms with E-state index < -0.39 is 17.9 Å². The van der Waals surface area contributed by atoms with Crippen molar-refractivity contribution in [3.8, 4) is 0 Å². The molecule has 1 aromatic rings. The van der Waals surface area contributed by atoms with E-state index in [1.54, 1.807) is 40.0 Å². The van der Waals surface area contributed by atoms with Crippen LogP contribution >= 0.6 is 0 Å². The minimum Gasteiger partial charge on any atom is -0.444 e. The van der Waals surface area contributed by atoms with Gasteiger partial charge in [0.2, 0.25) is 0 Å². The first kappa shape index (κ1) is 14.7. The Labute approximate surface area is 118 Å². The lowest BCUT2D eigenvalue weighted by molar-refractivity contribution is -0.0165. The molecule has 0 bridgehead atoms. The summed E-state index contributed by atoms with van der Waals surface area (Å²) < 4.78 is 19.5. The molecule has 110 valence electrons. The lowest BCUT2D eigenvalue weighted by Crippen LogP contribution is -2.53. The number of ether oxygens (including phenoxy) is 1. The number of amides is 1. The van der Waals surface area contributed by atoms with E-state index in [2.05, 4.69) is 9.97 Å². The summed E-state index contributed by atoms with van der Waals surface area (Å²) in [5.74, 6) is -0.0665. The number of alkyl halides is 1. The van der Waals surface area contributed by atoms with Gasteiger partial charge in [-0.25, -0.2) is 19.2 Å². The Morgan fingerprint density at radius 3 is 2.70 bits per heavy atom. The molecule has 5 nitrogen and oxygen atoms in total. The molecule has 0 aliphatic carbocycles. The Morgan fingerprint density at radius 1 is 1.50 bits per heavy atom. The van der Waals surface area contributed by atoms with E-state index in [0.29, 0.717) is 13.1 Å². The van der Waals surface area contributed by atoms with E-state index in [9.17, 15) is 9.18 Å². The number of hydrogen-bond acceptors (Lipinski definition) is 4. The maximum Gasteiger partial charge on any atom is 0.410 e. The average molecular weight is 281 g/mol. The summed E-state index contributed by atoms with van der Waals surface area (Å²) >= 11 is 0. The van der Waals surface area contributed by atoms with E-state index >= 15 is 0 Å². The van der Waals surface area contributed by atoms with Crippen molar-refractivity contribution in [2.75, 3.05) is 13.1 Å². The van der Waals surface area contributed by atoms with Crippen LogP contribution < -0.4 is 0 Å². The normalized spacial score (nSPS) is 17.6. The van der Waals surface area contributed by atoms with Gasteiger partial charge < -0.3 is 9.64 Å². The number of carbonyl (C=O) groups excluding carboxylic acids is 1. The number of nitrogens with zero attached hydrogens (tertiary/aromatic N) is 3. The molecule has 0 aromatic carbocycles. The molecule has 2 heterocycles. The second kappa shape index (κ2) is 5.34. The van der Waals surface area contributed by atoms with Crippen molar-refractivity contribution in [1.29, 1.82) is 0 Å². The number of hydrogen-bond donors (Lipinski definition) is 0. The molecular formula is C14H20FN3O2. The van der Waals surface area contributed by atoms with Gasteiger partial charge in [-0.3, -0.25) is 0 Å². The third kappa shape index (κ3) is 3.43. The van der Waals surface area contributed by atoms with Crippen LogP contribution in [0.5, 0.6) is 0 Å². The van der Waals surface area contributed by atoms with Crippen LogP contribution in [0, 0.1) is 12.8 Å². The van der Waals surface area contributed by atoms with E-state index in [1.807, 2.05) is 0 Å². The quantitative estimate of drug-likeness (QED) is 0.836. The van der Waals surface area contributed by atoms with Gasteiger partial charge >= 0.3 is 6.09 Å². The predicted molar refractivity (Wildman–Crippen MR) is 71.9 cm³/mol. The van der Waals surface area contributed by atoms with Crippen LogP contribution in [0.3, 0.4) is 0 Å². The van der Waals surface area contributed by atoms with Gasteiger partial charge in [0, 0.05) is 30.9 Å². The Bertz CT molecular complexity index is 495. The van der Waals surface area contributed by atoms with Crippen LogP contribution in [-0.2, 0) is 4.74 Å². The molecule has 1 aromatic heterocycles. The van der Waals surface area contributed by atoms with Gasteiger partial charge in [0.15, 0.2) is 12.0 Å². The standard InChI is InChI=1S/C14H20FN3O2/c1-9-5-6-16-12(17-9)11(15)10-7-18(8-10)13(19)20-14(2,3)4/h5-6,10-11H,7-8H2,1-4H3. The van der Waals surface area contributed by atoms with Crippen molar-refractivity contribution in [3.63, 3.8) is 0 Å². The molecule has 1 atom stereocenters. The van der Waals surface area contributed by atoms with Gasteiger partial charge in [-0.2, -0.15) is 0 Å². The fourth-order valence-corrected chi connectivity index (χ4v) is 1.99. The number of carbonyl (C=O) groups is 1. The molecule has 0 spiro atoms. The van der Waals surface area contributed by atoms with Crippen molar-refractivity contribution >= 4 is 6.09 Å². The molecule has 0 saturated carbocycles. The van der Waals surface area contributed by atoms with Gasteiger partial charge in [0.05, 0.1) is 0 Å². The second-order valence-corrected chi connectivity index (χ2v) is 6.10. The molecule has 1 unspecified atom stereocenters. The van der Waals surface area contributed by atoms with Crippen molar-refractivity contribution < 1.29 is 13.9 Å². The Kier molecular flexibility index (Phi) is 3.92. The maximum atomic E-state index is 14.2. The molecule has 0 N–H and O–H groups in total. The zero-order valence-corrected chi connectivity index (χ0v) is 12.3. The zero-order valence-electron chi connectivity index (χ0n) is 12.3. The Hall–Kier alpha value is -1.72. The molecule has 20 heavy (non-hydrogen) atoms. The number of aromatic nitrogens is 2. The first-order valence-corrected chi connectivity index (χ1v) is 6.68. The Morgan fingerprint density at radius 2 is 2.15 bits per heavy atom. The highest BCUT2D eigenvalue weighted by Crippen LogP contribution is 2.32. The lowest BCUT2D eigenvalue weighted by atomic mass is 9.94. The Balaban J connectivity index is 1.88. The zero-order chi connectivity index (χ0) is 14.9. The fraction of sp³-hybridized carbons (Fsp3) is 0.643. The number of halogens is 1. The largest absolute Gasteiger partial charge is 0.444 e. The molecule has 1 saturated heterocycles. The molecule has 1 aliphatic rings. The third-order valence-electron chi connectivity index (χ3n) is 3.04. The number of likely N-dealkylation sites (tertiary alicyclic amines) is 1. The summed E-state index contributed by atoms with van der Waals surface area (Å²) in [6, 6.07) is 1.73. The SMILES string of the molecule is Cc1ccnc(C(F)C2CN(C(=O)OC(C)(C)C)C2)n1. The second-order valence-electron chi connectivity index (χ2n) is 6.10. The summed E-state index contributed by atoms with van der Waals surface area (Å²) in [5, 5.41) is 0. The van der Waals surface area contributed by atoms with Gasteiger partial charge in [0.25, 0.3) is 0 Å². The van der Waals surface area contributed by atoms with Crippen molar-refractivity contribution in [2.45, 2.75) is 39.5 Å². The molecule has 0 radical (unpaired) electrons. The van der Waals surface area contributed by atoms with Gasteiger partial charge in [-0.15, -0.1) is 0 Å². The highest BCUT2D eigenvalue weighted by Gasteiger charge is 2.40. The highest BCUT2D eigenvalue weighted by molar-refractivity contribution is 5.69. The van der Waals surface area contributed by atoms with Crippen molar-refractivity contribution in [3.05, 3.63) is 23.8 Å². The molecule has 2 rings (SSSR count). The molecule has 1 amide bonds. The van der Waals surface area contributed by atoms with Crippen LogP contribution in [-0.4, -0.2) is 39.7 Å². The number of aryl methyl sites for hydroxylation is 1. The van der Waals surface area contributed by atoms with Gasteiger partial charge in [-0.1, -0.05) is 0 Å². The fourth-order valence-electron chi connectivity index (χ4n) is 1.99. The summed E-state index contributed by atoms with van der Waals surface area (Å²) in [5.41, 5.74) is 0.206. The molecular weight excluding hydrogens is 261 g/mol. The van der Waals surface area contributed by atoms with Crippen molar-refractivity contribution in [1.82, 2.24) is 14.9 Å². The van der Waals surface area contributed by atoms with E-state index in [0.717, 1.165) is 5.69 Å². The van der Waals surface area contributed by atoms with E-state index in [4.69, 9.17) is 4.74 Å². The smallest absolute Gasteiger partial charge is 0.410 e. The molecule has 6 heteroatoms. The minimum absolute atomic E-state index is 0.193. The molecule has 1 aliphatic heterocycles. The predicted octanol–water partition coefficient (Wildman–Crippen LogP) is 2.66. The van der Waals surface area contributed by atoms with Crippen LogP contribution in [0.15, 0.2) is 12.3 Å². The van der Waals surface area contributed by atoms with Gasteiger partial charge in [0.1, 0.15) is 5.60 Å². The number of rotatable bonds is 2. The van der Waals surface area contributed by atoms with Crippen LogP contribution in [0.2, 0.25) is 0 Å². The summed E-state index contributed by atoms with van der Waals surface area (Å²) in [6.07, 6.45) is -0.0890. The van der Waals surface area contributed by atoms with E-state index in [1.165, 1.54) is 4.90 Å². The summed E-state index contributed by atoms with van der Waals surface area (Å²) in [4.78, 5) is 21.3. The molecule has 1 fully saturated rings. The minimum atomic E-state index is -1.24. The summed E-state index contributed by atoms with van der Waals surface area (Å²) in [7, 11) is 0. The van der Waals surface area contributed by atoms with Crippen molar-refractivity contribution in [2.24, 2.45) is 5.92 Å². The average Bonchev–Trinajstić information content (AvgIpc) is 2.24. The highest BCUT2D eigenvalue weighted by atomic mass is 19.1. The van der Waals surface area contributed by atoms with Crippen LogP contribution in [0.4, 0.5) is 9.18 Å². The third-order valence-corrected chi connectivity index (χ3v) is 3.04. The lowest BCUT2D eigenvalue weighted by Gasteiger charge is -2.40. The summed E-state index contributed by atoms with van der Waals surface area (Å²) in [6.45, 7) is 7.90. The maximum absolute atomic E-state index is 14.2. The first-order valence-electron chi connectivity index (χ1n) is 6.68. The van der Waals surface area contributed by atoms with Crippen LogP contribution in [0.1, 0.15) is 38.5 Å². The monoisotopic (exact) mass is 281 g/mol. The van der Waals surface area contributed by atoms with Gasteiger partial charge in [-0.05, 0) is 33.8 Å².